The average Bonchev–Trinajstić information content (AvgIpc) is 3.19. The van der Waals surface area contributed by atoms with Gasteiger partial charge in [0.05, 0.1) is 12.0 Å². The summed E-state index contributed by atoms with van der Waals surface area (Å²) in [6, 6.07) is 1.08. The molecule has 1 unspecified atom stereocenters. The Hall–Kier alpha value is -3.17. The molecule has 0 bridgehead atoms. The number of carbonyl (C=O) groups excluding carboxylic acids is 2. The summed E-state index contributed by atoms with van der Waals surface area (Å²) in [5, 5.41) is 21.0. The standard InChI is InChI=1S/C17H19N3O7/c1-27-13-8-10-4-7-19(16(22)15(21)18-5-2-3-6-18)14(17(23)24)11(10)9-12(13)20(25)26/h8-9,14H,2-7H2,1H3,(H,23,24). The summed E-state index contributed by atoms with van der Waals surface area (Å²) in [5.74, 6) is -2.95. The molecule has 1 N–H and O–H groups in total. The fraction of sp³-hybridized carbons (Fsp3) is 0.471. The molecule has 1 saturated heterocycles. The highest BCUT2D eigenvalue weighted by molar-refractivity contribution is 6.35. The van der Waals surface area contributed by atoms with E-state index < -0.39 is 28.7 Å². The highest BCUT2D eigenvalue weighted by Gasteiger charge is 2.41. The van der Waals surface area contributed by atoms with Gasteiger partial charge in [-0.25, -0.2) is 4.79 Å². The maximum Gasteiger partial charge on any atom is 0.331 e. The van der Waals surface area contributed by atoms with Crippen molar-refractivity contribution in [1.82, 2.24) is 9.80 Å². The Labute approximate surface area is 154 Å². The zero-order chi connectivity index (χ0) is 19.7. The Morgan fingerprint density at radius 3 is 2.41 bits per heavy atom. The number of carboxylic acid groups (broad SMARTS) is 1. The van der Waals surface area contributed by atoms with Gasteiger partial charge < -0.3 is 19.6 Å². The molecule has 27 heavy (non-hydrogen) atoms. The molecule has 0 aromatic heterocycles. The van der Waals surface area contributed by atoms with Gasteiger partial charge in [-0.05, 0) is 36.5 Å². The second-order valence-corrected chi connectivity index (χ2v) is 6.47. The van der Waals surface area contributed by atoms with Crippen LogP contribution < -0.4 is 4.74 Å². The first-order valence-electron chi connectivity index (χ1n) is 8.53. The van der Waals surface area contributed by atoms with Crippen LogP contribution in [0.5, 0.6) is 5.75 Å². The van der Waals surface area contributed by atoms with Crippen molar-refractivity contribution in [2.45, 2.75) is 25.3 Å². The molecule has 0 radical (unpaired) electrons. The van der Waals surface area contributed by atoms with E-state index in [0.717, 1.165) is 23.8 Å². The number of ether oxygens (including phenoxy) is 1. The summed E-state index contributed by atoms with van der Waals surface area (Å²) < 4.78 is 5.02. The molecule has 3 rings (SSSR count). The third-order valence-electron chi connectivity index (χ3n) is 4.94. The summed E-state index contributed by atoms with van der Waals surface area (Å²) in [6.45, 7) is 0.966. The number of nitro benzene ring substituents is 1. The Morgan fingerprint density at radius 1 is 1.19 bits per heavy atom. The van der Waals surface area contributed by atoms with Crippen molar-refractivity contribution in [3.63, 3.8) is 0 Å². The van der Waals surface area contributed by atoms with Crippen LogP contribution in [0.2, 0.25) is 0 Å². The lowest BCUT2D eigenvalue weighted by molar-refractivity contribution is -0.385. The number of rotatable bonds is 3. The van der Waals surface area contributed by atoms with E-state index in [1.54, 1.807) is 0 Å². The van der Waals surface area contributed by atoms with Crippen LogP contribution in [0.1, 0.15) is 30.0 Å². The van der Waals surface area contributed by atoms with Crippen LogP contribution in [-0.2, 0) is 20.8 Å². The molecule has 144 valence electrons. The van der Waals surface area contributed by atoms with Crippen LogP contribution in [0, 0.1) is 10.1 Å². The minimum Gasteiger partial charge on any atom is -0.490 e. The van der Waals surface area contributed by atoms with E-state index in [9.17, 15) is 29.6 Å². The van der Waals surface area contributed by atoms with Gasteiger partial charge in [-0.1, -0.05) is 0 Å². The first kappa shape index (κ1) is 18.6. The average molecular weight is 377 g/mol. The lowest BCUT2D eigenvalue weighted by Gasteiger charge is -2.35. The number of methoxy groups -OCH3 is 1. The van der Waals surface area contributed by atoms with Crippen molar-refractivity contribution in [3.05, 3.63) is 33.4 Å². The topological polar surface area (TPSA) is 130 Å². The third kappa shape index (κ3) is 3.29. The van der Waals surface area contributed by atoms with Crippen LogP contribution in [0.3, 0.4) is 0 Å². The molecule has 2 aliphatic rings. The van der Waals surface area contributed by atoms with Gasteiger partial charge in [-0.3, -0.25) is 19.7 Å². The van der Waals surface area contributed by atoms with Gasteiger partial charge in [0.15, 0.2) is 11.8 Å². The number of carboxylic acids is 1. The fourth-order valence-electron chi connectivity index (χ4n) is 3.61. The number of aliphatic carboxylic acids is 1. The molecule has 0 aliphatic carbocycles. The SMILES string of the molecule is COc1cc2c(cc1[N+](=O)[O-])C(C(=O)O)N(C(=O)C(=O)N1CCCC1)CC2. The summed E-state index contributed by atoms with van der Waals surface area (Å²) in [7, 11) is 1.29. The number of fused-ring (bicyclic) bond motifs is 1. The molecule has 2 aliphatic heterocycles. The molecule has 2 amide bonds. The van der Waals surface area contributed by atoms with Crippen LogP contribution in [0.25, 0.3) is 0 Å². The van der Waals surface area contributed by atoms with E-state index in [1.807, 2.05) is 0 Å². The number of nitrogens with zero attached hydrogens (tertiary/aromatic N) is 3. The predicted molar refractivity (Wildman–Crippen MR) is 91.3 cm³/mol. The van der Waals surface area contributed by atoms with Gasteiger partial charge in [-0.2, -0.15) is 0 Å². The van der Waals surface area contributed by atoms with Gasteiger partial charge in [0.1, 0.15) is 0 Å². The molecular formula is C17H19N3O7. The van der Waals surface area contributed by atoms with Crippen LogP contribution in [-0.4, -0.2) is 64.4 Å². The summed E-state index contributed by atoms with van der Waals surface area (Å²) >= 11 is 0. The fourth-order valence-corrected chi connectivity index (χ4v) is 3.61. The Balaban J connectivity index is 1.99. The molecule has 0 saturated carbocycles. The number of benzene rings is 1. The Kier molecular flexibility index (Phi) is 4.98. The van der Waals surface area contributed by atoms with E-state index in [4.69, 9.17) is 4.74 Å². The molecule has 1 fully saturated rings. The minimum atomic E-state index is -1.46. The summed E-state index contributed by atoms with van der Waals surface area (Å²) in [5.41, 5.74) is 0.286. The normalized spacial score (nSPS) is 18.8. The first-order valence-corrected chi connectivity index (χ1v) is 8.53. The number of likely N-dealkylation sites (tertiary alicyclic amines) is 1. The second kappa shape index (κ2) is 7.22. The minimum absolute atomic E-state index is 0.0239. The molecule has 1 aromatic rings. The number of nitro groups is 1. The highest BCUT2D eigenvalue weighted by Crippen LogP contribution is 2.38. The highest BCUT2D eigenvalue weighted by atomic mass is 16.6. The number of carbonyl (C=O) groups is 3. The van der Waals surface area contributed by atoms with Gasteiger partial charge >= 0.3 is 23.5 Å². The van der Waals surface area contributed by atoms with E-state index in [0.29, 0.717) is 18.7 Å². The molecule has 10 heteroatoms. The van der Waals surface area contributed by atoms with Gasteiger partial charge in [0.2, 0.25) is 0 Å². The zero-order valence-corrected chi connectivity index (χ0v) is 14.7. The lowest BCUT2D eigenvalue weighted by Crippen LogP contribution is -2.50. The smallest absolute Gasteiger partial charge is 0.331 e. The molecule has 1 aromatic carbocycles. The van der Waals surface area contributed by atoms with Gasteiger partial charge in [-0.15, -0.1) is 0 Å². The summed E-state index contributed by atoms with van der Waals surface area (Å²) in [6.07, 6.45) is 1.87. The van der Waals surface area contributed by atoms with Crippen molar-refractivity contribution in [1.29, 1.82) is 0 Å². The number of hydrogen-bond acceptors (Lipinski definition) is 6. The van der Waals surface area contributed by atoms with Crippen LogP contribution >= 0.6 is 0 Å². The third-order valence-corrected chi connectivity index (χ3v) is 4.94. The molecule has 2 heterocycles. The van der Waals surface area contributed by atoms with E-state index in [2.05, 4.69) is 0 Å². The van der Waals surface area contributed by atoms with Crippen molar-refractivity contribution in [2.75, 3.05) is 26.7 Å². The van der Waals surface area contributed by atoms with Crippen molar-refractivity contribution >= 4 is 23.5 Å². The second-order valence-electron chi connectivity index (χ2n) is 6.47. The Morgan fingerprint density at radius 2 is 1.85 bits per heavy atom. The van der Waals surface area contributed by atoms with E-state index in [1.165, 1.54) is 18.1 Å². The monoisotopic (exact) mass is 377 g/mol. The Bertz CT molecular complexity index is 817. The summed E-state index contributed by atoms with van der Waals surface area (Å²) in [4.78, 5) is 50.0. The zero-order valence-electron chi connectivity index (χ0n) is 14.7. The van der Waals surface area contributed by atoms with Crippen molar-refractivity contribution in [3.8, 4) is 5.75 Å². The van der Waals surface area contributed by atoms with Gasteiger partial charge in [0.25, 0.3) is 0 Å². The van der Waals surface area contributed by atoms with Gasteiger partial charge in [0, 0.05) is 25.7 Å². The van der Waals surface area contributed by atoms with E-state index in [-0.39, 0.29) is 30.0 Å². The van der Waals surface area contributed by atoms with Crippen molar-refractivity contribution < 1.29 is 29.2 Å². The number of amides is 2. The largest absolute Gasteiger partial charge is 0.490 e. The van der Waals surface area contributed by atoms with Crippen LogP contribution in [0.4, 0.5) is 5.69 Å². The molecule has 0 spiro atoms. The predicted octanol–water partition coefficient (Wildman–Crippen LogP) is 0.736. The molecular weight excluding hydrogens is 358 g/mol. The first-order chi connectivity index (χ1) is 12.8. The lowest BCUT2D eigenvalue weighted by atomic mass is 9.91. The molecule has 10 nitrogen and oxygen atoms in total. The maximum atomic E-state index is 12.7. The van der Waals surface area contributed by atoms with E-state index >= 15 is 0 Å². The quantitative estimate of drug-likeness (QED) is 0.467. The van der Waals surface area contributed by atoms with Crippen molar-refractivity contribution in [2.24, 2.45) is 0 Å². The molecule has 1 atom stereocenters. The number of hydrogen-bond donors (Lipinski definition) is 1. The maximum absolute atomic E-state index is 12.7. The van der Waals surface area contributed by atoms with Crippen LogP contribution in [0.15, 0.2) is 12.1 Å².